The highest BCUT2D eigenvalue weighted by atomic mass is 32.2. The third-order valence-electron chi connectivity index (χ3n) is 7.61. The molecule has 1 aromatic carbocycles. The van der Waals surface area contributed by atoms with Gasteiger partial charge >= 0.3 is 11.9 Å². The predicted octanol–water partition coefficient (Wildman–Crippen LogP) is -0.997. The van der Waals surface area contributed by atoms with E-state index in [2.05, 4.69) is 26.3 Å². The molecule has 4 amide bonds. The van der Waals surface area contributed by atoms with Gasteiger partial charge in [0, 0.05) is 13.0 Å². The Bertz CT molecular complexity index is 1290. The number of amides is 4. The quantitative estimate of drug-likeness (QED) is 0.0371. The maximum Gasteiger partial charge on any atom is 0.326 e. The van der Waals surface area contributed by atoms with Crippen molar-refractivity contribution in [2.75, 3.05) is 18.6 Å². The molecule has 1 rings (SSSR count). The summed E-state index contributed by atoms with van der Waals surface area (Å²) < 4.78 is 0. The van der Waals surface area contributed by atoms with Gasteiger partial charge in [-0.05, 0) is 67.7 Å². The Morgan fingerprint density at radius 3 is 1.88 bits per heavy atom. The molecule has 18 heteroatoms. The molecule has 0 aliphatic carbocycles. The highest BCUT2D eigenvalue weighted by molar-refractivity contribution is 7.98. The van der Waals surface area contributed by atoms with E-state index in [4.69, 9.17) is 17.2 Å². The second-order valence-corrected chi connectivity index (χ2v) is 12.5. The number of carboxylic acids is 2. The topological polar surface area (TPSA) is 302 Å². The molecule has 17 nitrogen and oxygen atoms in total. The van der Waals surface area contributed by atoms with Crippen molar-refractivity contribution in [3.05, 3.63) is 29.8 Å². The van der Waals surface area contributed by atoms with Crippen LogP contribution in [-0.4, -0.2) is 106 Å². The van der Waals surface area contributed by atoms with E-state index < -0.39 is 78.1 Å². The molecule has 0 aromatic heterocycles. The van der Waals surface area contributed by atoms with E-state index in [9.17, 15) is 44.1 Å². The smallest absolute Gasteiger partial charge is 0.326 e. The van der Waals surface area contributed by atoms with E-state index in [1.807, 2.05) is 0 Å². The average Bonchev–Trinajstić information content (AvgIpc) is 3.04. The van der Waals surface area contributed by atoms with Crippen molar-refractivity contribution >= 4 is 53.3 Å². The summed E-state index contributed by atoms with van der Waals surface area (Å²) >= 11 is 1.40. The standard InChI is InChI=1S/C31H50N8O9S/c1-4-17(2)25(30(47)48)39-29(46)21(6-5-14-35-31(33)34)37-27(44)22(11-12-24(41)42)38-28(45)23(13-15-49-3)36-26(43)20(32)16-18-7-9-19(40)10-8-18/h7-10,17,20-23,25,40H,4-6,11-16,32H2,1-3H3,(H,36,43)(H,37,44)(H,38,45)(H,39,46)(H,41,42)(H,47,48)(H4,33,34,35)/t17-,20-,21-,22-,23-,25-/m0/s1. The fraction of sp³-hybridized carbons (Fsp3) is 0.581. The number of aliphatic carboxylic acids is 2. The summed E-state index contributed by atoms with van der Waals surface area (Å²) in [6.45, 7) is 3.51. The summed E-state index contributed by atoms with van der Waals surface area (Å²) in [5.74, 6) is -5.77. The summed E-state index contributed by atoms with van der Waals surface area (Å²) in [6.07, 6.45) is 1.81. The lowest BCUT2D eigenvalue weighted by Crippen LogP contribution is -2.59. The maximum atomic E-state index is 13.5. The predicted molar refractivity (Wildman–Crippen MR) is 184 cm³/mol. The fourth-order valence-electron chi connectivity index (χ4n) is 4.55. The van der Waals surface area contributed by atoms with Crippen LogP contribution < -0.4 is 38.5 Å². The zero-order valence-electron chi connectivity index (χ0n) is 28.0. The molecule has 1 aromatic rings. The van der Waals surface area contributed by atoms with Crippen LogP contribution >= 0.6 is 11.8 Å². The van der Waals surface area contributed by atoms with E-state index >= 15 is 0 Å². The second-order valence-electron chi connectivity index (χ2n) is 11.5. The Morgan fingerprint density at radius 2 is 1.37 bits per heavy atom. The molecule has 0 heterocycles. The molecule has 0 spiro atoms. The number of carbonyl (C=O) groups is 6. The molecular weight excluding hydrogens is 660 g/mol. The highest BCUT2D eigenvalue weighted by Gasteiger charge is 2.33. The van der Waals surface area contributed by atoms with E-state index in [1.165, 1.54) is 23.9 Å². The molecule has 49 heavy (non-hydrogen) atoms. The molecule has 0 aliphatic heterocycles. The number of benzene rings is 1. The number of aromatic hydroxyl groups is 1. The molecule has 0 bridgehead atoms. The number of phenols is 1. The van der Waals surface area contributed by atoms with E-state index in [-0.39, 0.29) is 50.4 Å². The number of guanidine groups is 1. The van der Waals surface area contributed by atoms with Crippen LogP contribution in [0.4, 0.5) is 0 Å². The highest BCUT2D eigenvalue weighted by Crippen LogP contribution is 2.13. The van der Waals surface area contributed by atoms with Crippen LogP contribution in [-0.2, 0) is 35.2 Å². The van der Waals surface area contributed by atoms with Gasteiger partial charge in [0.05, 0.1) is 6.04 Å². The van der Waals surface area contributed by atoms with Crippen LogP contribution in [0, 0.1) is 5.92 Å². The SMILES string of the molecule is CC[C@H](C)[C@H](NC(=O)[C@H](CCCN=C(N)N)NC(=O)[C@H](CCC(=O)O)NC(=O)[C@H](CCSC)NC(=O)[C@@H](N)Cc1ccc(O)cc1)C(=O)O. The van der Waals surface area contributed by atoms with Crippen LogP contribution in [0.2, 0.25) is 0 Å². The van der Waals surface area contributed by atoms with Crippen LogP contribution in [0.5, 0.6) is 5.75 Å². The van der Waals surface area contributed by atoms with Gasteiger partial charge in [-0.3, -0.25) is 29.0 Å². The summed E-state index contributed by atoms with van der Waals surface area (Å²) in [5, 5.41) is 38.6. The van der Waals surface area contributed by atoms with Gasteiger partial charge in [0.25, 0.3) is 0 Å². The summed E-state index contributed by atoms with van der Waals surface area (Å²) in [7, 11) is 0. The van der Waals surface area contributed by atoms with Gasteiger partial charge in [0.2, 0.25) is 23.6 Å². The number of rotatable bonds is 23. The molecule has 0 saturated carbocycles. The van der Waals surface area contributed by atoms with Crippen LogP contribution in [0.15, 0.2) is 29.3 Å². The zero-order valence-corrected chi connectivity index (χ0v) is 28.8. The minimum atomic E-state index is -1.44. The largest absolute Gasteiger partial charge is 0.508 e. The first-order valence-corrected chi connectivity index (χ1v) is 17.2. The summed E-state index contributed by atoms with van der Waals surface area (Å²) in [6, 6.07) is -0.0725. The van der Waals surface area contributed by atoms with Crippen LogP contribution in [0.3, 0.4) is 0 Å². The first kappa shape index (κ1) is 42.4. The molecule has 0 unspecified atom stereocenters. The Balaban J connectivity index is 3.20. The van der Waals surface area contributed by atoms with E-state index in [0.29, 0.717) is 17.7 Å². The summed E-state index contributed by atoms with van der Waals surface area (Å²) in [4.78, 5) is 80.4. The van der Waals surface area contributed by atoms with Crippen molar-refractivity contribution < 1.29 is 44.1 Å². The Hall–Kier alpha value is -4.58. The first-order valence-electron chi connectivity index (χ1n) is 15.8. The minimum absolute atomic E-state index is 0.0217. The number of nitrogens with zero attached hydrogens (tertiary/aromatic N) is 1. The van der Waals surface area contributed by atoms with E-state index in [0.717, 1.165) is 0 Å². The van der Waals surface area contributed by atoms with Crippen molar-refractivity contribution in [3.8, 4) is 5.75 Å². The second kappa shape index (κ2) is 22.1. The molecular formula is C31H50N8O9S. The third kappa shape index (κ3) is 16.4. The number of phenolic OH excluding ortho intramolecular Hbond substituents is 1. The van der Waals surface area contributed by atoms with Crippen molar-refractivity contribution in [2.24, 2.45) is 28.1 Å². The lowest BCUT2D eigenvalue weighted by Gasteiger charge is -2.27. The van der Waals surface area contributed by atoms with Gasteiger partial charge in [0.15, 0.2) is 5.96 Å². The minimum Gasteiger partial charge on any atom is -0.508 e. The number of carboxylic acid groups (broad SMARTS) is 2. The van der Waals surface area contributed by atoms with E-state index in [1.54, 1.807) is 32.2 Å². The van der Waals surface area contributed by atoms with Gasteiger partial charge in [-0.2, -0.15) is 11.8 Å². The molecule has 0 saturated heterocycles. The lowest BCUT2D eigenvalue weighted by atomic mass is 9.98. The Morgan fingerprint density at radius 1 is 0.837 bits per heavy atom. The van der Waals surface area contributed by atoms with Gasteiger partial charge in [-0.15, -0.1) is 0 Å². The number of nitrogens with one attached hydrogen (secondary N) is 4. The number of hydrogen-bond acceptors (Lipinski definition) is 10. The third-order valence-corrected chi connectivity index (χ3v) is 8.25. The summed E-state index contributed by atoms with van der Waals surface area (Å²) in [5.41, 5.74) is 17.5. The van der Waals surface area contributed by atoms with Gasteiger partial charge < -0.3 is 53.8 Å². The van der Waals surface area contributed by atoms with Crippen LogP contribution in [0.25, 0.3) is 0 Å². The Labute approximate surface area is 289 Å². The first-order chi connectivity index (χ1) is 23.1. The number of hydrogen-bond donors (Lipinski definition) is 10. The van der Waals surface area contributed by atoms with Crippen molar-refractivity contribution in [2.45, 2.75) is 89.0 Å². The molecule has 13 N–H and O–H groups in total. The average molecular weight is 711 g/mol. The number of nitrogens with two attached hydrogens (primary N) is 3. The molecule has 0 fully saturated rings. The van der Waals surface area contributed by atoms with Crippen molar-refractivity contribution in [1.29, 1.82) is 0 Å². The van der Waals surface area contributed by atoms with Gasteiger partial charge in [0.1, 0.15) is 29.9 Å². The number of carbonyl (C=O) groups excluding carboxylic acids is 4. The fourth-order valence-corrected chi connectivity index (χ4v) is 5.02. The Kier molecular flexibility index (Phi) is 19.2. The van der Waals surface area contributed by atoms with Crippen LogP contribution in [0.1, 0.15) is 57.9 Å². The van der Waals surface area contributed by atoms with Gasteiger partial charge in [-0.25, -0.2) is 4.79 Å². The van der Waals surface area contributed by atoms with Crippen molar-refractivity contribution in [1.82, 2.24) is 21.3 Å². The molecule has 274 valence electrons. The zero-order chi connectivity index (χ0) is 37.1. The van der Waals surface area contributed by atoms with Crippen molar-refractivity contribution in [3.63, 3.8) is 0 Å². The normalized spacial score (nSPS) is 14.5. The maximum absolute atomic E-state index is 13.5. The molecule has 0 aliphatic rings. The monoisotopic (exact) mass is 710 g/mol. The molecule has 6 atom stereocenters. The number of aliphatic imine (C=N–C) groups is 1. The van der Waals surface area contributed by atoms with Gasteiger partial charge in [-0.1, -0.05) is 32.4 Å². The number of thioether (sulfide) groups is 1. The lowest BCUT2D eigenvalue weighted by molar-refractivity contribution is -0.144. The molecule has 0 radical (unpaired) electrons.